The van der Waals surface area contributed by atoms with Crippen molar-refractivity contribution in [3.8, 4) is 5.75 Å². The first kappa shape index (κ1) is 29.3. The highest BCUT2D eigenvalue weighted by Crippen LogP contribution is 2.34. The molecule has 0 unspecified atom stereocenters. The lowest BCUT2D eigenvalue weighted by Crippen LogP contribution is -2.39. The standard InChI is InChI=1S/C24H30ClN3O4S2.ClH/c1-4-27(5-2)15-16-28(24-26-23-20(32-6-3)8-7-9-21(23)33-24)22(29)14-17-34(30,31)19-12-10-18(25)11-13-19;/h7-13H,4-6,14-17H2,1-3H3;1H. The summed E-state index contributed by atoms with van der Waals surface area (Å²) >= 11 is 7.28. The minimum atomic E-state index is -3.62. The summed E-state index contributed by atoms with van der Waals surface area (Å²) in [5.41, 5.74) is 0.707. The summed E-state index contributed by atoms with van der Waals surface area (Å²) < 4.78 is 32.2. The zero-order valence-electron chi connectivity index (χ0n) is 20.1. The van der Waals surface area contributed by atoms with Gasteiger partial charge in [-0.25, -0.2) is 13.4 Å². The van der Waals surface area contributed by atoms with Crippen LogP contribution in [0.4, 0.5) is 5.13 Å². The number of halogens is 2. The zero-order chi connectivity index (χ0) is 24.7. The van der Waals surface area contributed by atoms with E-state index in [9.17, 15) is 13.2 Å². The van der Waals surface area contributed by atoms with Crippen LogP contribution in [0.2, 0.25) is 5.02 Å². The molecule has 0 spiro atoms. The van der Waals surface area contributed by atoms with Gasteiger partial charge in [-0.1, -0.05) is 42.9 Å². The Hall–Kier alpha value is -1.91. The Morgan fingerprint density at radius 2 is 1.74 bits per heavy atom. The van der Waals surface area contributed by atoms with E-state index in [0.29, 0.717) is 41.1 Å². The second kappa shape index (κ2) is 13.4. The van der Waals surface area contributed by atoms with Gasteiger partial charge in [0.2, 0.25) is 5.91 Å². The number of benzene rings is 2. The number of likely N-dealkylation sites (N-methyl/N-ethyl adjacent to an activating group) is 1. The predicted octanol–water partition coefficient (Wildman–Crippen LogP) is 5.31. The molecule has 0 aliphatic heterocycles. The molecule has 0 bridgehead atoms. The van der Waals surface area contributed by atoms with E-state index in [-0.39, 0.29) is 35.4 Å². The van der Waals surface area contributed by atoms with Gasteiger partial charge in [-0.15, -0.1) is 12.4 Å². The summed E-state index contributed by atoms with van der Waals surface area (Å²) in [6, 6.07) is 11.7. The molecule has 192 valence electrons. The Morgan fingerprint density at radius 3 is 2.37 bits per heavy atom. The molecular formula is C24H31Cl2N3O4S2. The van der Waals surface area contributed by atoms with Crippen LogP contribution in [-0.2, 0) is 14.6 Å². The second-order valence-corrected chi connectivity index (χ2v) is 11.2. The summed E-state index contributed by atoms with van der Waals surface area (Å²) in [6.07, 6.45) is -0.141. The van der Waals surface area contributed by atoms with Crippen molar-refractivity contribution in [2.75, 3.05) is 43.4 Å². The largest absolute Gasteiger partial charge is 0.492 e. The maximum Gasteiger partial charge on any atom is 0.229 e. The van der Waals surface area contributed by atoms with Crippen LogP contribution < -0.4 is 9.64 Å². The summed E-state index contributed by atoms with van der Waals surface area (Å²) in [5.74, 6) is 0.107. The van der Waals surface area contributed by atoms with Crippen molar-refractivity contribution < 1.29 is 17.9 Å². The lowest BCUT2D eigenvalue weighted by molar-refractivity contribution is -0.118. The number of carbonyl (C=O) groups is 1. The van der Waals surface area contributed by atoms with Gasteiger partial charge in [0.1, 0.15) is 11.3 Å². The normalized spacial score (nSPS) is 11.5. The van der Waals surface area contributed by atoms with Gasteiger partial charge < -0.3 is 9.64 Å². The first-order valence-electron chi connectivity index (χ1n) is 11.3. The molecule has 1 aromatic heterocycles. The van der Waals surface area contributed by atoms with Crippen molar-refractivity contribution in [3.63, 3.8) is 0 Å². The molecule has 0 N–H and O–H groups in total. The fourth-order valence-electron chi connectivity index (χ4n) is 3.52. The van der Waals surface area contributed by atoms with Gasteiger partial charge in [-0.3, -0.25) is 9.69 Å². The van der Waals surface area contributed by atoms with Crippen LogP contribution in [0.5, 0.6) is 5.75 Å². The molecule has 3 rings (SSSR count). The van der Waals surface area contributed by atoms with Crippen molar-refractivity contribution in [1.29, 1.82) is 0 Å². The van der Waals surface area contributed by atoms with Gasteiger partial charge in [-0.05, 0) is 56.4 Å². The highest BCUT2D eigenvalue weighted by Gasteiger charge is 2.24. The fraction of sp³-hybridized carbons (Fsp3) is 0.417. The van der Waals surface area contributed by atoms with Gasteiger partial charge in [0.15, 0.2) is 15.0 Å². The molecular weight excluding hydrogens is 529 g/mol. The third kappa shape index (κ3) is 7.54. The first-order valence-corrected chi connectivity index (χ1v) is 14.2. The quantitative estimate of drug-likeness (QED) is 0.299. The van der Waals surface area contributed by atoms with Crippen molar-refractivity contribution in [3.05, 3.63) is 47.5 Å². The van der Waals surface area contributed by atoms with E-state index >= 15 is 0 Å². The smallest absolute Gasteiger partial charge is 0.229 e. The Kier molecular flexibility index (Phi) is 11.2. The SMILES string of the molecule is CCOc1cccc2sc(N(CCN(CC)CC)C(=O)CCS(=O)(=O)c3ccc(Cl)cc3)nc12.Cl. The number of hydrogen-bond donors (Lipinski definition) is 0. The molecule has 0 atom stereocenters. The fourth-order valence-corrected chi connectivity index (χ4v) is 5.91. The number of ether oxygens (including phenoxy) is 1. The van der Waals surface area contributed by atoms with Gasteiger partial charge in [-0.2, -0.15) is 0 Å². The number of aromatic nitrogens is 1. The van der Waals surface area contributed by atoms with Crippen LogP contribution in [0.1, 0.15) is 27.2 Å². The third-order valence-corrected chi connectivity index (χ3v) is 8.52. The predicted molar refractivity (Wildman–Crippen MR) is 146 cm³/mol. The van der Waals surface area contributed by atoms with E-state index in [1.807, 2.05) is 25.1 Å². The summed E-state index contributed by atoms with van der Waals surface area (Å²) in [4.78, 5) is 22.0. The molecule has 0 aliphatic carbocycles. The second-order valence-electron chi connectivity index (χ2n) is 7.63. The number of anilines is 1. The van der Waals surface area contributed by atoms with E-state index < -0.39 is 9.84 Å². The van der Waals surface area contributed by atoms with Gasteiger partial charge in [0, 0.05) is 24.5 Å². The van der Waals surface area contributed by atoms with Crippen molar-refractivity contribution >= 4 is 66.4 Å². The summed E-state index contributed by atoms with van der Waals surface area (Å²) in [5, 5.41) is 1.00. The van der Waals surface area contributed by atoms with Crippen molar-refractivity contribution in [2.45, 2.75) is 32.1 Å². The van der Waals surface area contributed by atoms with Crippen LogP contribution in [0, 0.1) is 0 Å². The number of nitrogens with zero attached hydrogens (tertiary/aromatic N) is 3. The minimum Gasteiger partial charge on any atom is -0.492 e. The number of fused-ring (bicyclic) bond motifs is 1. The molecule has 0 radical (unpaired) electrons. The number of rotatable bonds is 12. The highest BCUT2D eigenvalue weighted by atomic mass is 35.5. The van der Waals surface area contributed by atoms with Gasteiger partial charge in [0.05, 0.1) is 22.0 Å². The molecule has 2 aromatic carbocycles. The Labute approximate surface area is 222 Å². The number of amides is 1. The van der Waals surface area contributed by atoms with Crippen molar-refractivity contribution in [2.24, 2.45) is 0 Å². The van der Waals surface area contributed by atoms with Gasteiger partial charge in [0.25, 0.3) is 0 Å². The average Bonchev–Trinajstić information content (AvgIpc) is 3.26. The molecule has 0 fully saturated rings. The molecule has 1 heterocycles. The molecule has 0 saturated carbocycles. The molecule has 0 saturated heterocycles. The number of carbonyl (C=O) groups excluding carboxylic acids is 1. The Balaban J connectivity index is 0.00000432. The summed E-state index contributed by atoms with van der Waals surface area (Å²) in [6.45, 7) is 9.37. The maximum atomic E-state index is 13.3. The lowest BCUT2D eigenvalue weighted by Gasteiger charge is -2.24. The first-order chi connectivity index (χ1) is 16.3. The maximum absolute atomic E-state index is 13.3. The van der Waals surface area contributed by atoms with Crippen LogP contribution in [0.3, 0.4) is 0 Å². The molecule has 3 aromatic rings. The van der Waals surface area contributed by atoms with Crippen LogP contribution in [-0.4, -0.2) is 62.7 Å². The molecule has 1 amide bonds. The number of sulfone groups is 1. The molecule has 0 aliphatic rings. The van der Waals surface area contributed by atoms with Crippen LogP contribution in [0.25, 0.3) is 10.2 Å². The average molecular weight is 561 g/mol. The number of para-hydroxylation sites is 1. The zero-order valence-corrected chi connectivity index (χ0v) is 23.3. The monoisotopic (exact) mass is 559 g/mol. The van der Waals surface area contributed by atoms with E-state index in [4.69, 9.17) is 21.3 Å². The van der Waals surface area contributed by atoms with Crippen molar-refractivity contribution in [1.82, 2.24) is 9.88 Å². The molecule has 7 nitrogen and oxygen atoms in total. The number of thiazole rings is 1. The summed E-state index contributed by atoms with van der Waals surface area (Å²) in [7, 11) is -3.62. The highest BCUT2D eigenvalue weighted by molar-refractivity contribution is 7.91. The van der Waals surface area contributed by atoms with Gasteiger partial charge >= 0.3 is 0 Å². The molecule has 11 heteroatoms. The Bertz CT molecular complexity index is 1210. The van der Waals surface area contributed by atoms with E-state index in [0.717, 1.165) is 17.8 Å². The van der Waals surface area contributed by atoms with E-state index in [1.54, 1.807) is 4.90 Å². The minimum absolute atomic E-state index is 0. The molecule has 35 heavy (non-hydrogen) atoms. The lowest BCUT2D eigenvalue weighted by atomic mass is 10.3. The number of hydrogen-bond acceptors (Lipinski definition) is 7. The third-order valence-electron chi connectivity index (χ3n) is 5.49. The van der Waals surface area contributed by atoms with Crippen LogP contribution >= 0.6 is 35.3 Å². The van der Waals surface area contributed by atoms with E-state index in [2.05, 4.69) is 18.7 Å². The van der Waals surface area contributed by atoms with E-state index in [1.165, 1.54) is 35.6 Å². The topological polar surface area (TPSA) is 79.8 Å². The van der Waals surface area contributed by atoms with Crippen LogP contribution in [0.15, 0.2) is 47.4 Å². The Morgan fingerprint density at radius 1 is 1.06 bits per heavy atom.